The molecule has 0 radical (unpaired) electrons. The SMILES string of the molecule is Cc1cc(NC(=O)COC(=O)c2ccc(C)c(S(=O)(=O)N3CCOCC3)c2)ccc1Br. The molecular formula is C21H23BrN2O6S. The smallest absolute Gasteiger partial charge is 0.338 e. The molecule has 10 heteroatoms. The Morgan fingerprint density at radius 1 is 1.10 bits per heavy atom. The van der Waals surface area contributed by atoms with E-state index in [0.29, 0.717) is 24.5 Å². The highest BCUT2D eigenvalue weighted by Crippen LogP contribution is 2.23. The van der Waals surface area contributed by atoms with E-state index >= 15 is 0 Å². The van der Waals surface area contributed by atoms with Crippen LogP contribution in [0.2, 0.25) is 0 Å². The van der Waals surface area contributed by atoms with E-state index in [-0.39, 0.29) is 23.5 Å². The number of sulfonamides is 1. The van der Waals surface area contributed by atoms with Crippen LogP contribution in [0, 0.1) is 13.8 Å². The van der Waals surface area contributed by atoms with Crippen LogP contribution in [0.4, 0.5) is 5.69 Å². The standard InChI is InChI=1S/C21H23BrN2O6S/c1-14-3-4-16(12-19(14)31(27,28)24-7-9-29-10-8-24)21(26)30-13-20(25)23-17-5-6-18(22)15(2)11-17/h3-6,11-12H,7-10,13H2,1-2H3,(H,23,25). The molecule has 1 aliphatic rings. The first-order valence-corrected chi connectivity index (χ1v) is 11.8. The van der Waals surface area contributed by atoms with Gasteiger partial charge in [0.25, 0.3) is 5.91 Å². The van der Waals surface area contributed by atoms with Gasteiger partial charge in [0.2, 0.25) is 10.0 Å². The Bertz CT molecular complexity index is 1100. The summed E-state index contributed by atoms with van der Waals surface area (Å²) in [6, 6.07) is 9.63. The summed E-state index contributed by atoms with van der Waals surface area (Å²) < 4.78 is 38.5. The molecular weight excluding hydrogens is 488 g/mol. The molecule has 0 saturated carbocycles. The molecule has 0 unspecified atom stereocenters. The van der Waals surface area contributed by atoms with E-state index in [9.17, 15) is 18.0 Å². The van der Waals surface area contributed by atoms with Gasteiger partial charge in [-0.1, -0.05) is 22.0 Å². The largest absolute Gasteiger partial charge is 0.452 e. The van der Waals surface area contributed by atoms with Crippen molar-refractivity contribution >= 4 is 43.5 Å². The van der Waals surface area contributed by atoms with Gasteiger partial charge in [-0.3, -0.25) is 4.79 Å². The van der Waals surface area contributed by atoms with Gasteiger partial charge in [-0.05, 0) is 55.3 Å². The van der Waals surface area contributed by atoms with E-state index in [1.54, 1.807) is 31.2 Å². The minimum absolute atomic E-state index is 0.0404. The van der Waals surface area contributed by atoms with E-state index < -0.39 is 28.5 Å². The van der Waals surface area contributed by atoms with Crippen molar-refractivity contribution in [2.45, 2.75) is 18.7 Å². The van der Waals surface area contributed by atoms with Gasteiger partial charge >= 0.3 is 5.97 Å². The Hall–Kier alpha value is -2.27. The van der Waals surface area contributed by atoms with Crippen LogP contribution in [0.3, 0.4) is 0 Å². The normalized spacial score (nSPS) is 14.8. The monoisotopic (exact) mass is 510 g/mol. The number of carbonyl (C=O) groups is 2. The van der Waals surface area contributed by atoms with E-state index in [1.165, 1.54) is 16.4 Å². The topological polar surface area (TPSA) is 102 Å². The van der Waals surface area contributed by atoms with Crippen molar-refractivity contribution in [1.29, 1.82) is 0 Å². The van der Waals surface area contributed by atoms with Crippen LogP contribution in [0.5, 0.6) is 0 Å². The molecule has 1 saturated heterocycles. The quantitative estimate of drug-likeness (QED) is 0.599. The van der Waals surface area contributed by atoms with Gasteiger partial charge in [-0.25, -0.2) is 13.2 Å². The van der Waals surface area contributed by atoms with E-state index in [1.807, 2.05) is 6.92 Å². The fraction of sp³-hybridized carbons (Fsp3) is 0.333. The van der Waals surface area contributed by atoms with Gasteiger partial charge in [0.05, 0.1) is 23.7 Å². The lowest BCUT2D eigenvalue weighted by Gasteiger charge is -2.26. The van der Waals surface area contributed by atoms with Gasteiger partial charge in [-0.2, -0.15) is 4.31 Å². The number of esters is 1. The molecule has 0 atom stereocenters. The highest BCUT2D eigenvalue weighted by Gasteiger charge is 2.28. The van der Waals surface area contributed by atoms with Gasteiger partial charge in [0.1, 0.15) is 0 Å². The first kappa shape index (κ1) is 23.4. The summed E-state index contributed by atoms with van der Waals surface area (Å²) in [6.07, 6.45) is 0. The van der Waals surface area contributed by atoms with Gasteiger partial charge in [0, 0.05) is 23.2 Å². The number of amides is 1. The molecule has 2 aromatic rings. The number of nitrogens with zero attached hydrogens (tertiary/aromatic N) is 1. The van der Waals surface area contributed by atoms with Crippen molar-refractivity contribution in [2.24, 2.45) is 0 Å². The summed E-state index contributed by atoms with van der Waals surface area (Å²) in [4.78, 5) is 24.6. The highest BCUT2D eigenvalue weighted by atomic mass is 79.9. The fourth-order valence-corrected chi connectivity index (χ4v) is 4.97. The highest BCUT2D eigenvalue weighted by molar-refractivity contribution is 9.10. The molecule has 0 aliphatic carbocycles. The minimum Gasteiger partial charge on any atom is -0.452 e. The van der Waals surface area contributed by atoms with Crippen LogP contribution >= 0.6 is 15.9 Å². The van der Waals surface area contributed by atoms with Crippen molar-refractivity contribution in [3.05, 3.63) is 57.6 Å². The van der Waals surface area contributed by atoms with Crippen LogP contribution in [-0.2, 0) is 24.3 Å². The number of benzene rings is 2. The van der Waals surface area contributed by atoms with Crippen molar-refractivity contribution in [3.63, 3.8) is 0 Å². The zero-order valence-corrected chi connectivity index (χ0v) is 19.6. The Kier molecular flexibility index (Phi) is 7.47. The van der Waals surface area contributed by atoms with Crippen LogP contribution in [0.15, 0.2) is 45.8 Å². The van der Waals surface area contributed by atoms with Crippen LogP contribution in [0.25, 0.3) is 0 Å². The number of ether oxygens (including phenoxy) is 2. The minimum atomic E-state index is -3.77. The number of anilines is 1. The lowest BCUT2D eigenvalue weighted by Crippen LogP contribution is -2.40. The second-order valence-electron chi connectivity index (χ2n) is 7.09. The third-order valence-corrected chi connectivity index (χ3v) is 7.72. The predicted octanol–water partition coefficient (Wildman–Crippen LogP) is 2.88. The molecule has 1 N–H and O–H groups in total. The number of carbonyl (C=O) groups excluding carboxylic acids is 2. The lowest BCUT2D eigenvalue weighted by atomic mass is 10.1. The second kappa shape index (κ2) is 9.90. The molecule has 31 heavy (non-hydrogen) atoms. The molecule has 0 aromatic heterocycles. The van der Waals surface area contributed by atoms with Crippen LogP contribution < -0.4 is 5.32 Å². The first-order chi connectivity index (χ1) is 14.7. The number of aryl methyl sites for hydroxylation is 2. The summed E-state index contributed by atoms with van der Waals surface area (Å²) >= 11 is 3.39. The average Bonchev–Trinajstić information content (AvgIpc) is 2.75. The van der Waals surface area contributed by atoms with Gasteiger partial charge in [0.15, 0.2) is 6.61 Å². The number of nitrogens with one attached hydrogen (secondary N) is 1. The molecule has 2 aromatic carbocycles. The molecule has 166 valence electrons. The molecule has 1 fully saturated rings. The third-order valence-electron chi connectivity index (χ3n) is 4.79. The number of rotatable bonds is 6. The van der Waals surface area contributed by atoms with E-state index in [0.717, 1.165) is 10.0 Å². The number of halogens is 1. The fourth-order valence-electron chi connectivity index (χ4n) is 3.06. The number of morpholine rings is 1. The first-order valence-electron chi connectivity index (χ1n) is 9.60. The van der Waals surface area contributed by atoms with E-state index in [2.05, 4.69) is 21.2 Å². The predicted molar refractivity (Wildman–Crippen MR) is 119 cm³/mol. The summed E-state index contributed by atoms with van der Waals surface area (Å²) in [7, 11) is -3.77. The summed E-state index contributed by atoms with van der Waals surface area (Å²) in [5.74, 6) is -1.27. The molecule has 1 aliphatic heterocycles. The third kappa shape index (κ3) is 5.70. The van der Waals surface area contributed by atoms with Crippen molar-refractivity contribution in [1.82, 2.24) is 4.31 Å². The van der Waals surface area contributed by atoms with Gasteiger partial charge in [-0.15, -0.1) is 0 Å². The summed E-state index contributed by atoms with van der Waals surface area (Å²) in [5, 5.41) is 2.65. The van der Waals surface area contributed by atoms with Crippen LogP contribution in [-0.4, -0.2) is 57.5 Å². The number of hydrogen-bond donors (Lipinski definition) is 1. The van der Waals surface area contributed by atoms with Crippen molar-refractivity contribution < 1.29 is 27.5 Å². The lowest BCUT2D eigenvalue weighted by molar-refractivity contribution is -0.119. The molecule has 0 spiro atoms. The molecule has 1 heterocycles. The average molecular weight is 511 g/mol. The number of hydrogen-bond acceptors (Lipinski definition) is 6. The second-order valence-corrected chi connectivity index (χ2v) is 9.85. The zero-order valence-electron chi connectivity index (χ0n) is 17.2. The maximum Gasteiger partial charge on any atom is 0.338 e. The Morgan fingerprint density at radius 2 is 1.81 bits per heavy atom. The van der Waals surface area contributed by atoms with Crippen molar-refractivity contribution in [2.75, 3.05) is 38.2 Å². The van der Waals surface area contributed by atoms with Gasteiger partial charge < -0.3 is 14.8 Å². The Morgan fingerprint density at radius 3 is 2.48 bits per heavy atom. The Balaban J connectivity index is 1.67. The molecule has 3 rings (SSSR count). The maximum absolute atomic E-state index is 13.0. The van der Waals surface area contributed by atoms with Crippen LogP contribution in [0.1, 0.15) is 21.5 Å². The van der Waals surface area contributed by atoms with Crippen molar-refractivity contribution in [3.8, 4) is 0 Å². The Labute approximate surface area is 189 Å². The zero-order chi connectivity index (χ0) is 22.6. The summed E-state index contributed by atoms with van der Waals surface area (Å²) in [5.41, 5.74) is 2.11. The summed E-state index contributed by atoms with van der Waals surface area (Å²) in [6.45, 7) is 4.22. The van der Waals surface area contributed by atoms with E-state index in [4.69, 9.17) is 9.47 Å². The molecule has 0 bridgehead atoms. The maximum atomic E-state index is 13.0. The molecule has 8 nitrogen and oxygen atoms in total. The molecule has 1 amide bonds.